The number of nitrogens with one attached hydrogen (secondary N) is 1. The van der Waals surface area contributed by atoms with Crippen molar-refractivity contribution in [2.75, 3.05) is 19.5 Å². The highest BCUT2D eigenvalue weighted by molar-refractivity contribution is 5.92. The predicted octanol–water partition coefficient (Wildman–Crippen LogP) is 4.08. The Morgan fingerprint density at radius 1 is 1.07 bits per heavy atom. The lowest BCUT2D eigenvalue weighted by Gasteiger charge is -2.11. The van der Waals surface area contributed by atoms with E-state index in [2.05, 4.69) is 10.4 Å². The highest BCUT2D eigenvalue weighted by Crippen LogP contribution is 2.26. The molecule has 146 valence electrons. The Morgan fingerprint density at radius 3 is 2.50 bits per heavy atom. The number of anilines is 1. The monoisotopic (exact) mass is 379 g/mol. The molecule has 1 N–H and O–H groups in total. The van der Waals surface area contributed by atoms with Crippen LogP contribution in [0.15, 0.2) is 48.5 Å². The molecule has 1 amide bonds. The zero-order valence-electron chi connectivity index (χ0n) is 16.7. The highest BCUT2D eigenvalue weighted by atomic mass is 16.5. The summed E-state index contributed by atoms with van der Waals surface area (Å²) in [6.07, 6.45) is 0.885. The molecule has 0 spiro atoms. The second kappa shape index (κ2) is 8.61. The van der Waals surface area contributed by atoms with Crippen LogP contribution >= 0.6 is 0 Å². The van der Waals surface area contributed by atoms with E-state index in [-0.39, 0.29) is 5.91 Å². The summed E-state index contributed by atoms with van der Waals surface area (Å²) in [7, 11) is 3.24. The lowest BCUT2D eigenvalue weighted by Crippen LogP contribution is -2.14. The third-order valence-electron chi connectivity index (χ3n) is 4.67. The first-order valence-electron chi connectivity index (χ1n) is 9.16. The minimum absolute atomic E-state index is 0.0660. The van der Waals surface area contributed by atoms with E-state index >= 15 is 0 Å². The van der Waals surface area contributed by atoms with Gasteiger partial charge in [-0.15, -0.1) is 0 Å². The molecule has 0 aliphatic heterocycles. The largest absolute Gasteiger partial charge is 0.497 e. The van der Waals surface area contributed by atoms with Crippen LogP contribution in [0.5, 0.6) is 11.5 Å². The van der Waals surface area contributed by atoms with E-state index in [9.17, 15) is 4.79 Å². The molecule has 0 unspecified atom stereocenters. The van der Waals surface area contributed by atoms with E-state index in [4.69, 9.17) is 9.47 Å². The van der Waals surface area contributed by atoms with Crippen molar-refractivity contribution < 1.29 is 14.3 Å². The number of carbonyl (C=O) groups is 1. The molecule has 3 rings (SSSR count). The normalized spacial score (nSPS) is 10.6. The van der Waals surface area contributed by atoms with Crippen LogP contribution in [0.2, 0.25) is 0 Å². The van der Waals surface area contributed by atoms with Crippen LogP contribution in [-0.2, 0) is 11.2 Å². The Kier molecular flexibility index (Phi) is 5.99. The van der Waals surface area contributed by atoms with Crippen molar-refractivity contribution in [3.63, 3.8) is 0 Å². The lowest BCUT2D eigenvalue weighted by atomic mass is 10.1. The van der Waals surface area contributed by atoms with Gasteiger partial charge in [-0.25, -0.2) is 4.68 Å². The molecule has 0 fully saturated rings. The van der Waals surface area contributed by atoms with Crippen LogP contribution in [0, 0.1) is 13.8 Å². The molecule has 0 aliphatic rings. The Labute approximate surface area is 165 Å². The summed E-state index contributed by atoms with van der Waals surface area (Å²) in [6, 6.07) is 15.5. The fourth-order valence-corrected chi connectivity index (χ4v) is 3.17. The predicted molar refractivity (Wildman–Crippen MR) is 110 cm³/mol. The van der Waals surface area contributed by atoms with Gasteiger partial charge in [-0.3, -0.25) is 4.79 Å². The van der Waals surface area contributed by atoms with Gasteiger partial charge in [0.05, 0.1) is 37.0 Å². The van der Waals surface area contributed by atoms with Gasteiger partial charge >= 0.3 is 0 Å². The molecule has 0 radical (unpaired) electrons. The zero-order chi connectivity index (χ0) is 20.1. The van der Waals surface area contributed by atoms with Crippen LogP contribution in [0.4, 0.5) is 5.69 Å². The number of hydrogen-bond donors (Lipinski definition) is 1. The molecule has 0 saturated carbocycles. The molecule has 0 bridgehead atoms. The van der Waals surface area contributed by atoms with Gasteiger partial charge in [0.2, 0.25) is 5.91 Å². The van der Waals surface area contributed by atoms with Gasteiger partial charge in [-0.05, 0) is 56.2 Å². The molecule has 1 heterocycles. The summed E-state index contributed by atoms with van der Waals surface area (Å²) in [6.45, 7) is 3.85. The first-order valence-corrected chi connectivity index (χ1v) is 9.16. The number of carbonyl (C=O) groups excluding carboxylic acids is 1. The number of aromatic nitrogens is 2. The minimum Gasteiger partial charge on any atom is -0.497 e. The lowest BCUT2D eigenvalue weighted by molar-refractivity contribution is -0.116. The van der Waals surface area contributed by atoms with Crippen LogP contribution in [0.25, 0.3) is 5.69 Å². The zero-order valence-corrected chi connectivity index (χ0v) is 16.7. The second-order valence-corrected chi connectivity index (χ2v) is 6.52. The third-order valence-corrected chi connectivity index (χ3v) is 4.67. The van der Waals surface area contributed by atoms with Crippen molar-refractivity contribution in [2.45, 2.75) is 26.7 Å². The van der Waals surface area contributed by atoms with Crippen molar-refractivity contribution in [1.29, 1.82) is 0 Å². The van der Waals surface area contributed by atoms with Crippen LogP contribution < -0.4 is 14.8 Å². The average molecular weight is 379 g/mol. The Hall–Kier alpha value is -3.28. The molecule has 0 saturated heterocycles. The average Bonchev–Trinajstić information content (AvgIpc) is 3.00. The van der Waals surface area contributed by atoms with E-state index in [0.29, 0.717) is 12.8 Å². The fraction of sp³-hybridized carbons (Fsp3) is 0.273. The van der Waals surface area contributed by atoms with Crippen LogP contribution in [0.3, 0.4) is 0 Å². The van der Waals surface area contributed by atoms with E-state index in [1.807, 2.05) is 67.1 Å². The molecule has 1 aromatic heterocycles. The molecule has 0 aliphatic carbocycles. The van der Waals surface area contributed by atoms with Gasteiger partial charge in [0.15, 0.2) is 0 Å². The molecule has 6 nitrogen and oxygen atoms in total. The van der Waals surface area contributed by atoms with Gasteiger partial charge in [0.25, 0.3) is 0 Å². The molecule has 2 aromatic carbocycles. The van der Waals surface area contributed by atoms with E-state index in [1.165, 1.54) is 0 Å². The summed E-state index contributed by atoms with van der Waals surface area (Å²) in [4.78, 5) is 12.6. The van der Waals surface area contributed by atoms with Crippen LogP contribution in [0.1, 0.15) is 23.4 Å². The number of hydrogen-bond acceptors (Lipinski definition) is 4. The SMILES string of the molecule is COc1ccc(OC)c(CCC(=O)Nc2c(C)nn(-c3ccccc3)c2C)c1. The fourth-order valence-electron chi connectivity index (χ4n) is 3.17. The maximum Gasteiger partial charge on any atom is 0.224 e. The number of rotatable bonds is 7. The Balaban J connectivity index is 1.72. The third kappa shape index (κ3) is 4.17. The van der Waals surface area contributed by atoms with Gasteiger partial charge in [-0.1, -0.05) is 18.2 Å². The Morgan fingerprint density at radius 2 is 1.82 bits per heavy atom. The highest BCUT2D eigenvalue weighted by Gasteiger charge is 2.16. The summed E-state index contributed by atoms with van der Waals surface area (Å²) >= 11 is 0. The number of nitrogens with zero attached hydrogens (tertiary/aromatic N) is 2. The van der Waals surface area contributed by atoms with Crippen LogP contribution in [-0.4, -0.2) is 29.9 Å². The van der Waals surface area contributed by atoms with E-state index in [1.54, 1.807) is 14.2 Å². The number of para-hydroxylation sites is 1. The smallest absolute Gasteiger partial charge is 0.224 e. The summed E-state index contributed by atoms with van der Waals surface area (Å²) < 4.78 is 12.5. The van der Waals surface area contributed by atoms with E-state index < -0.39 is 0 Å². The minimum atomic E-state index is -0.0660. The molecule has 0 atom stereocenters. The maximum atomic E-state index is 12.6. The maximum absolute atomic E-state index is 12.6. The standard InChI is InChI=1S/C22H25N3O3/c1-15-22(16(2)25(24-15)18-8-6-5-7-9-18)23-21(26)13-10-17-14-19(27-3)11-12-20(17)28-4/h5-9,11-12,14H,10,13H2,1-4H3,(H,23,26). The number of amides is 1. The summed E-state index contributed by atoms with van der Waals surface area (Å²) in [5, 5.41) is 7.58. The van der Waals surface area contributed by atoms with Crippen molar-refractivity contribution >= 4 is 11.6 Å². The van der Waals surface area contributed by atoms with Crippen molar-refractivity contribution in [1.82, 2.24) is 9.78 Å². The summed E-state index contributed by atoms with van der Waals surface area (Å²) in [5.74, 6) is 1.42. The topological polar surface area (TPSA) is 65.4 Å². The van der Waals surface area contributed by atoms with Gasteiger partial charge < -0.3 is 14.8 Å². The Bertz CT molecular complexity index is 965. The van der Waals surface area contributed by atoms with Gasteiger partial charge in [0, 0.05) is 6.42 Å². The van der Waals surface area contributed by atoms with Crippen molar-refractivity contribution in [2.24, 2.45) is 0 Å². The molecular formula is C22H25N3O3. The van der Waals surface area contributed by atoms with Crippen molar-refractivity contribution in [3.8, 4) is 17.2 Å². The number of methoxy groups -OCH3 is 2. The first-order chi connectivity index (χ1) is 13.5. The van der Waals surface area contributed by atoms with E-state index in [0.717, 1.165) is 39.8 Å². The molecule has 28 heavy (non-hydrogen) atoms. The number of aryl methyl sites for hydroxylation is 2. The number of benzene rings is 2. The second-order valence-electron chi connectivity index (χ2n) is 6.52. The molecular weight excluding hydrogens is 354 g/mol. The quantitative estimate of drug-likeness (QED) is 0.672. The molecule has 3 aromatic rings. The van der Waals surface area contributed by atoms with Gasteiger partial charge in [0.1, 0.15) is 11.5 Å². The molecule has 6 heteroatoms. The van der Waals surface area contributed by atoms with Crippen molar-refractivity contribution in [3.05, 3.63) is 65.5 Å². The van der Waals surface area contributed by atoms with Gasteiger partial charge in [-0.2, -0.15) is 5.10 Å². The summed E-state index contributed by atoms with van der Waals surface area (Å²) in [5.41, 5.74) is 4.34. The first kappa shape index (κ1) is 19.5. The number of ether oxygens (including phenoxy) is 2.